The molecule has 0 bridgehead atoms. The lowest BCUT2D eigenvalue weighted by molar-refractivity contribution is 0.413. The van der Waals surface area contributed by atoms with Crippen LogP contribution in [0.15, 0.2) is 42.5 Å². The summed E-state index contributed by atoms with van der Waals surface area (Å²) in [6.07, 6.45) is 1.17. The molecule has 0 N–H and O–H groups in total. The third-order valence-electron chi connectivity index (χ3n) is 5.26. The predicted octanol–water partition coefficient (Wildman–Crippen LogP) is 3.01. The Bertz CT molecular complexity index is 723. The standard InChI is InChI=1S/C20H25N3O/c1-21-10-9-16-15-17(7-8-18(16)21)22-11-13-23(14-12-22)19-5-3-4-6-20(19)24-2/h3-8,15H,9-14H2,1-2H3. The number of benzene rings is 2. The van der Waals surface area contributed by atoms with E-state index >= 15 is 0 Å². The molecular formula is C20H25N3O. The van der Waals surface area contributed by atoms with Crippen LogP contribution < -0.4 is 19.4 Å². The normalized spacial score (nSPS) is 17.2. The molecule has 0 atom stereocenters. The van der Waals surface area contributed by atoms with Gasteiger partial charge in [0.1, 0.15) is 5.75 Å². The van der Waals surface area contributed by atoms with Gasteiger partial charge in [-0.15, -0.1) is 0 Å². The second-order valence-corrected chi connectivity index (χ2v) is 6.63. The fourth-order valence-electron chi connectivity index (χ4n) is 3.85. The number of anilines is 3. The molecule has 0 saturated carbocycles. The van der Waals surface area contributed by atoms with E-state index in [0.29, 0.717) is 0 Å². The molecule has 0 spiro atoms. The van der Waals surface area contributed by atoms with E-state index in [9.17, 15) is 0 Å². The van der Waals surface area contributed by atoms with Gasteiger partial charge in [0.25, 0.3) is 0 Å². The number of hydrogen-bond donors (Lipinski definition) is 0. The molecule has 0 radical (unpaired) electrons. The van der Waals surface area contributed by atoms with Crippen molar-refractivity contribution in [3.63, 3.8) is 0 Å². The van der Waals surface area contributed by atoms with Gasteiger partial charge in [-0.3, -0.25) is 0 Å². The maximum absolute atomic E-state index is 5.51. The SMILES string of the molecule is COc1ccccc1N1CCN(c2ccc3c(c2)CCN3C)CC1. The molecule has 0 amide bonds. The third-order valence-corrected chi connectivity index (χ3v) is 5.26. The summed E-state index contributed by atoms with van der Waals surface area (Å²) in [5.41, 5.74) is 5.45. The van der Waals surface area contributed by atoms with E-state index in [1.165, 1.54) is 29.0 Å². The molecule has 4 heteroatoms. The van der Waals surface area contributed by atoms with E-state index < -0.39 is 0 Å². The van der Waals surface area contributed by atoms with Crippen LogP contribution in [0.4, 0.5) is 17.1 Å². The molecule has 0 unspecified atom stereocenters. The lowest BCUT2D eigenvalue weighted by atomic mass is 10.1. The number of likely N-dealkylation sites (N-methyl/N-ethyl adjacent to an activating group) is 1. The summed E-state index contributed by atoms with van der Waals surface area (Å²) in [5, 5.41) is 0. The molecule has 126 valence electrons. The fraction of sp³-hybridized carbons (Fsp3) is 0.400. The largest absolute Gasteiger partial charge is 0.495 e. The minimum atomic E-state index is 0.964. The van der Waals surface area contributed by atoms with Crippen LogP contribution in [0.1, 0.15) is 5.56 Å². The Morgan fingerprint density at radius 1 is 0.833 bits per heavy atom. The summed E-state index contributed by atoms with van der Waals surface area (Å²) in [5.74, 6) is 0.964. The van der Waals surface area contributed by atoms with Crippen molar-refractivity contribution in [1.82, 2.24) is 0 Å². The average Bonchev–Trinajstić information content (AvgIpc) is 3.02. The Hall–Kier alpha value is -2.36. The molecule has 1 fully saturated rings. The van der Waals surface area contributed by atoms with Crippen LogP contribution in [0.5, 0.6) is 5.75 Å². The van der Waals surface area contributed by atoms with Gasteiger partial charge in [0.2, 0.25) is 0 Å². The highest BCUT2D eigenvalue weighted by Crippen LogP contribution is 2.32. The zero-order valence-electron chi connectivity index (χ0n) is 14.5. The third kappa shape index (κ3) is 2.66. The molecule has 2 aromatic rings. The number of fused-ring (bicyclic) bond motifs is 1. The summed E-state index contributed by atoms with van der Waals surface area (Å²) in [6.45, 7) is 5.29. The van der Waals surface area contributed by atoms with Gasteiger partial charge in [-0.2, -0.15) is 0 Å². The van der Waals surface area contributed by atoms with Crippen LogP contribution in [-0.4, -0.2) is 46.9 Å². The Morgan fingerprint density at radius 3 is 2.38 bits per heavy atom. The molecule has 2 heterocycles. The van der Waals surface area contributed by atoms with Gasteiger partial charge >= 0.3 is 0 Å². The second-order valence-electron chi connectivity index (χ2n) is 6.63. The number of nitrogens with zero attached hydrogens (tertiary/aromatic N) is 3. The molecule has 2 aromatic carbocycles. The van der Waals surface area contributed by atoms with Crippen molar-refractivity contribution in [3.8, 4) is 5.75 Å². The zero-order chi connectivity index (χ0) is 16.5. The molecule has 0 aliphatic carbocycles. The second kappa shape index (κ2) is 6.27. The summed E-state index contributed by atoms with van der Waals surface area (Å²) in [4.78, 5) is 7.28. The molecule has 4 rings (SSSR count). The first-order valence-corrected chi connectivity index (χ1v) is 8.73. The smallest absolute Gasteiger partial charge is 0.142 e. The number of ether oxygens (including phenoxy) is 1. The number of rotatable bonds is 3. The van der Waals surface area contributed by atoms with Gasteiger partial charge in [0, 0.05) is 51.1 Å². The van der Waals surface area contributed by atoms with Crippen molar-refractivity contribution >= 4 is 17.1 Å². The van der Waals surface area contributed by atoms with Gasteiger partial charge in [-0.25, -0.2) is 0 Å². The quantitative estimate of drug-likeness (QED) is 0.864. The first kappa shape index (κ1) is 15.2. The average molecular weight is 323 g/mol. The van der Waals surface area contributed by atoms with Crippen LogP contribution in [0, 0.1) is 0 Å². The van der Waals surface area contributed by atoms with Crippen molar-refractivity contribution in [3.05, 3.63) is 48.0 Å². The van der Waals surface area contributed by atoms with E-state index in [-0.39, 0.29) is 0 Å². The summed E-state index contributed by atoms with van der Waals surface area (Å²) >= 11 is 0. The summed E-state index contributed by atoms with van der Waals surface area (Å²) in [7, 11) is 3.92. The molecule has 2 aliphatic rings. The lowest BCUT2D eigenvalue weighted by Gasteiger charge is -2.38. The van der Waals surface area contributed by atoms with Crippen molar-refractivity contribution in [1.29, 1.82) is 0 Å². The molecule has 4 nitrogen and oxygen atoms in total. The minimum absolute atomic E-state index is 0.964. The van der Waals surface area contributed by atoms with Gasteiger partial charge < -0.3 is 19.4 Å². The molecule has 1 saturated heterocycles. The highest BCUT2D eigenvalue weighted by molar-refractivity contribution is 5.65. The first-order valence-electron chi connectivity index (χ1n) is 8.73. The monoisotopic (exact) mass is 323 g/mol. The highest BCUT2D eigenvalue weighted by atomic mass is 16.5. The molecule has 2 aliphatic heterocycles. The Morgan fingerprint density at radius 2 is 1.58 bits per heavy atom. The van der Waals surface area contributed by atoms with Gasteiger partial charge in [-0.1, -0.05) is 12.1 Å². The van der Waals surface area contributed by atoms with E-state index in [1.807, 2.05) is 12.1 Å². The maximum Gasteiger partial charge on any atom is 0.142 e. The van der Waals surface area contributed by atoms with Crippen molar-refractivity contribution in [2.75, 3.05) is 61.6 Å². The van der Waals surface area contributed by atoms with Crippen LogP contribution in [0.25, 0.3) is 0 Å². The number of hydrogen-bond acceptors (Lipinski definition) is 4. The van der Waals surface area contributed by atoms with E-state index in [1.54, 1.807) is 7.11 Å². The van der Waals surface area contributed by atoms with E-state index in [2.05, 4.69) is 52.1 Å². The van der Waals surface area contributed by atoms with Gasteiger partial charge in [0.05, 0.1) is 12.8 Å². The summed E-state index contributed by atoms with van der Waals surface area (Å²) < 4.78 is 5.51. The van der Waals surface area contributed by atoms with Gasteiger partial charge in [0.15, 0.2) is 0 Å². The maximum atomic E-state index is 5.51. The fourth-order valence-corrected chi connectivity index (χ4v) is 3.85. The number of para-hydroxylation sites is 2. The van der Waals surface area contributed by atoms with Crippen molar-refractivity contribution < 1.29 is 4.74 Å². The minimum Gasteiger partial charge on any atom is -0.495 e. The lowest BCUT2D eigenvalue weighted by Crippen LogP contribution is -2.46. The van der Waals surface area contributed by atoms with E-state index in [0.717, 1.165) is 38.5 Å². The van der Waals surface area contributed by atoms with Gasteiger partial charge in [-0.05, 0) is 42.3 Å². The molecule has 24 heavy (non-hydrogen) atoms. The van der Waals surface area contributed by atoms with Crippen molar-refractivity contribution in [2.24, 2.45) is 0 Å². The topological polar surface area (TPSA) is 19.0 Å². The first-order chi connectivity index (χ1) is 11.8. The Kier molecular flexibility index (Phi) is 3.97. The number of piperazine rings is 1. The van der Waals surface area contributed by atoms with Crippen LogP contribution in [0.3, 0.4) is 0 Å². The van der Waals surface area contributed by atoms with Crippen LogP contribution in [0.2, 0.25) is 0 Å². The summed E-state index contributed by atoms with van der Waals surface area (Å²) in [6, 6.07) is 15.3. The highest BCUT2D eigenvalue weighted by Gasteiger charge is 2.22. The molecular weight excluding hydrogens is 298 g/mol. The van der Waals surface area contributed by atoms with E-state index in [4.69, 9.17) is 4.74 Å². The predicted molar refractivity (Wildman–Crippen MR) is 101 cm³/mol. The Labute approximate surface area is 144 Å². The van der Waals surface area contributed by atoms with Crippen LogP contribution in [-0.2, 0) is 6.42 Å². The Balaban J connectivity index is 1.47. The van der Waals surface area contributed by atoms with Crippen LogP contribution >= 0.6 is 0 Å². The van der Waals surface area contributed by atoms with Crippen molar-refractivity contribution in [2.45, 2.75) is 6.42 Å². The zero-order valence-corrected chi connectivity index (χ0v) is 14.5. The molecule has 0 aromatic heterocycles. The number of methoxy groups -OCH3 is 1.